The Morgan fingerprint density at radius 2 is 1.74 bits per heavy atom. The largest absolute Gasteiger partial charge is 0.354 e. The van der Waals surface area contributed by atoms with Crippen LogP contribution in [0.25, 0.3) is 0 Å². The van der Waals surface area contributed by atoms with Crippen molar-refractivity contribution in [1.82, 2.24) is 10.2 Å². The molecule has 2 amide bonds. The van der Waals surface area contributed by atoms with Gasteiger partial charge in [-0.25, -0.2) is 8.42 Å². The summed E-state index contributed by atoms with van der Waals surface area (Å²) < 4.78 is 26.6. The number of hydrogen-bond donors (Lipinski definition) is 1. The van der Waals surface area contributed by atoms with Crippen LogP contribution in [0.3, 0.4) is 0 Å². The fourth-order valence-corrected chi connectivity index (χ4v) is 5.63. The van der Waals surface area contributed by atoms with Crippen LogP contribution < -0.4 is 9.62 Å². The molecule has 210 valence electrons. The summed E-state index contributed by atoms with van der Waals surface area (Å²) in [5.74, 6) is -0.219. The fraction of sp³-hybridized carbons (Fsp3) is 0.500. The maximum absolute atomic E-state index is 13.6. The Hall–Kier alpha value is -2.29. The van der Waals surface area contributed by atoms with Gasteiger partial charge in [0, 0.05) is 36.1 Å². The highest BCUT2D eigenvalue weighted by Gasteiger charge is 2.29. The molecule has 0 heterocycles. The first-order valence-electron chi connectivity index (χ1n) is 12.8. The summed E-state index contributed by atoms with van der Waals surface area (Å²) in [6, 6.07) is 9.99. The van der Waals surface area contributed by atoms with Crippen molar-refractivity contribution in [2.75, 3.05) is 23.7 Å². The number of hydrogen-bond acceptors (Lipinski definition) is 4. The molecular weight excluding hydrogens is 545 g/mol. The second kappa shape index (κ2) is 14.2. The number of amides is 2. The van der Waals surface area contributed by atoms with E-state index in [1.165, 1.54) is 9.21 Å². The molecule has 0 aromatic heterocycles. The average Bonchev–Trinajstić information content (AvgIpc) is 2.82. The third kappa shape index (κ3) is 9.17. The van der Waals surface area contributed by atoms with Crippen molar-refractivity contribution in [3.8, 4) is 0 Å². The SMILES string of the molecule is CCC(C(=O)NCC(C)C)N(Cc1ccc(Cl)cc1Cl)C(=O)CCCN(c1cc(C)ccc1C)S(C)(=O)=O. The summed E-state index contributed by atoms with van der Waals surface area (Å²) in [6.07, 6.45) is 1.93. The Morgan fingerprint density at radius 3 is 2.32 bits per heavy atom. The first-order valence-corrected chi connectivity index (χ1v) is 15.4. The highest BCUT2D eigenvalue weighted by molar-refractivity contribution is 7.92. The van der Waals surface area contributed by atoms with Crippen LogP contribution in [0.2, 0.25) is 10.0 Å². The number of anilines is 1. The maximum atomic E-state index is 13.6. The van der Waals surface area contributed by atoms with Gasteiger partial charge in [0.2, 0.25) is 21.8 Å². The van der Waals surface area contributed by atoms with Gasteiger partial charge in [-0.1, -0.05) is 62.2 Å². The molecule has 0 fully saturated rings. The minimum absolute atomic E-state index is 0.0655. The van der Waals surface area contributed by atoms with E-state index in [-0.39, 0.29) is 43.7 Å². The third-order valence-corrected chi connectivity index (χ3v) is 7.98. The van der Waals surface area contributed by atoms with E-state index >= 15 is 0 Å². The van der Waals surface area contributed by atoms with E-state index in [0.29, 0.717) is 34.3 Å². The Kier molecular flexibility index (Phi) is 11.9. The summed E-state index contributed by atoms with van der Waals surface area (Å²) in [7, 11) is -3.57. The third-order valence-electron chi connectivity index (χ3n) is 6.21. The van der Waals surface area contributed by atoms with Gasteiger partial charge in [0.05, 0.1) is 11.9 Å². The van der Waals surface area contributed by atoms with Gasteiger partial charge in [-0.05, 0) is 67.5 Å². The molecule has 0 aliphatic carbocycles. The molecule has 1 atom stereocenters. The van der Waals surface area contributed by atoms with Gasteiger partial charge in [0.25, 0.3) is 0 Å². The minimum atomic E-state index is -3.57. The number of carbonyl (C=O) groups is 2. The highest BCUT2D eigenvalue weighted by Crippen LogP contribution is 2.26. The Bertz CT molecular complexity index is 1230. The van der Waals surface area contributed by atoms with Gasteiger partial charge in [-0.2, -0.15) is 0 Å². The number of sulfonamides is 1. The Balaban J connectivity index is 2.28. The second-order valence-corrected chi connectivity index (χ2v) is 12.8. The van der Waals surface area contributed by atoms with E-state index in [9.17, 15) is 18.0 Å². The van der Waals surface area contributed by atoms with Gasteiger partial charge >= 0.3 is 0 Å². The smallest absolute Gasteiger partial charge is 0.242 e. The van der Waals surface area contributed by atoms with Crippen LogP contribution in [0.4, 0.5) is 5.69 Å². The van der Waals surface area contributed by atoms with Crippen molar-refractivity contribution in [2.24, 2.45) is 5.92 Å². The first-order chi connectivity index (χ1) is 17.7. The van der Waals surface area contributed by atoms with Crippen LogP contribution in [0.5, 0.6) is 0 Å². The highest BCUT2D eigenvalue weighted by atomic mass is 35.5. The van der Waals surface area contributed by atoms with Gasteiger partial charge in [0.1, 0.15) is 6.04 Å². The molecule has 1 N–H and O–H groups in total. The van der Waals surface area contributed by atoms with E-state index in [1.54, 1.807) is 18.2 Å². The number of aryl methyl sites for hydroxylation is 2. The number of nitrogens with zero attached hydrogens (tertiary/aromatic N) is 2. The lowest BCUT2D eigenvalue weighted by atomic mass is 10.1. The zero-order valence-corrected chi connectivity index (χ0v) is 25.4. The number of carbonyl (C=O) groups excluding carboxylic acids is 2. The summed E-state index contributed by atoms with van der Waals surface area (Å²) in [6.45, 7) is 10.4. The number of rotatable bonds is 13. The Morgan fingerprint density at radius 1 is 1.05 bits per heavy atom. The molecule has 0 saturated carbocycles. The normalized spacial score (nSPS) is 12.3. The van der Waals surface area contributed by atoms with Gasteiger partial charge in [-0.15, -0.1) is 0 Å². The summed E-state index contributed by atoms with van der Waals surface area (Å²) >= 11 is 12.5. The molecule has 7 nitrogen and oxygen atoms in total. The summed E-state index contributed by atoms with van der Waals surface area (Å²) in [4.78, 5) is 28.2. The molecule has 0 spiro atoms. The molecule has 0 saturated heterocycles. The standard InChI is InChI=1S/C28H39Cl2N3O4S/c1-7-25(28(35)31-17-19(2)3)32(18-22-12-13-23(29)16-24(22)30)27(34)9-8-14-33(38(6,36)37)26-15-20(4)10-11-21(26)5/h10-13,15-16,19,25H,7-9,14,17-18H2,1-6H3,(H,31,35). The molecule has 2 aromatic carbocycles. The molecular formula is C28H39Cl2N3O4S. The molecule has 0 aliphatic rings. The van der Waals surface area contributed by atoms with Crippen LogP contribution in [0.1, 0.15) is 56.7 Å². The van der Waals surface area contributed by atoms with Crippen molar-refractivity contribution in [3.05, 3.63) is 63.1 Å². The number of halogens is 2. The topological polar surface area (TPSA) is 86.8 Å². The van der Waals surface area contributed by atoms with Crippen molar-refractivity contribution >= 4 is 50.7 Å². The molecule has 2 aromatic rings. The molecule has 0 bridgehead atoms. The number of nitrogens with one attached hydrogen (secondary N) is 1. The second-order valence-electron chi connectivity index (χ2n) is 10.0. The quantitative estimate of drug-likeness (QED) is 0.326. The van der Waals surface area contributed by atoms with E-state index < -0.39 is 16.1 Å². The van der Waals surface area contributed by atoms with Crippen LogP contribution in [-0.2, 0) is 26.2 Å². The van der Waals surface area contributed by atoms with E-state index in [0.717, 1.165) is 17.4 Å². The molecule has 10 heteroatoms. The van der Waals surface area contributed by atoms with Gasteiger partial charge in [-0.3, -0.25) is 13.9 Å². The lowest BCUT2D eigenvalue weighted by Crippen LogP contribution is -2.49. The van der Waals surface area contributed by atoms with E-state index in [1.807, 2.05) is 52.8 Å². The van der Waals surface area contributed by atoms with Crippen molar-refractivity contribution in [3.63, 3.8) is 0 Å². The van der Waals surface area contributed by atoms with Gasteiger partial charge in [0.15, 0.2) is 0 Å². The van der Waals surface area contributed by atoms with Crippen molar-refractivity contribution in [1.29, 1.82) is 0 Å². The van der Waals surface area contributed by atoms with Crippen LogP contribution in [0, 0.1) is 19.8 Å². The fourth-order valence-electron chi connectivity index (χ4n) is 4.15. The van der Waals surface area contributed by atoms with Crippen molar-refractivity contribution in [2.45, 2.75) is 66.5 Å². The van der Waals surface area contributed by atoms with E-state index in [2.05, 4.69) is 5.32 Å². The van der Waals surface area contributed by atoms with Gasteiger partial charge < -0.3 is 10.2 Å². The minimum Gasteiger partial charge on any atom is -0.354 e. The first kappa shape index (κ1) is 31.9. The predicted octanol–water partition coefficient (Wildman–Crippen LogP) is 5.74. The lowest BCUT2D eigenvalue weighted by molar-refractivity contribution is -0.141. The number of benzene rings is 2. The molecule has 0 radical (unpaired) electrons. The maximum Gasteiger partial charge on any atom is 0.242 e. The molecule has 0 aliphatic heterocycles. The Labute approximate surface area is 237 Å². The summed E-state index contributed by atoms with van der Waals surface area (Å²) in [5.41, 5.74) is 3.05. The zero-order chi connectivity index (χ0) is 28.6. The van der Waals surface area contributed by atoms with Crippen LogP contribution >= 0.6 is 23.2 Å². The molecule has 38 heavy (non-hydrogen) atoms. The van der Waals surface area contributed by atoms with Crippen LogP contribution in [-0.4, -0.2) is 50.5 Å². The molecule has 2 rings (SSSR count). The zero-order valence-electron chi connectivity index (χ0n) is 23.1. The van der Waals surface area contributed by atoms with E-state index in [4.69, 9.17) is 23.2 Å². The lowest BCUT2D eigenvalue weighted by Gasteiger charge is -2.31. The predicted molar refractivity (Wildman–Crippen MR) is 156 cm³/mol. The molecule has 1 unspecified atom stereocenters. The monoisotopic (exact) mass is 583 g/mol. The van der Waals surface area contributed by atoms with Crippen LogP contribution in [0.15, 0.2) is 36.4 Å². The van der Waals surface area contributed by atoms with Crippen molar-refractivity contribution < 1.29 is 18.0 Å². The average molecular weight is 585 g/mol. The summed E-state index contributed by atoms with van der Waals surface area (Å²) in [5, 5.41) is 3.82.